The maximum atomic E-state index is 12.7. The maximum absolute atomic E-state index is 12.7. The normalized spacial score (nSPS) is 11.4. The third-order valence-electron chi connectivity index (χ3n) is 5.88. The van der Waals surface area contributed by atoms with Gasteiger partial charge in [0.1, 0.15) is 0 Å². The lowest BCUT2D eigenvalue weighted by atomic mass is 10.1. The highest BCUT2D eigenvalue weighted by Crippen LogP contribution is 2.21. The van der Waals surface area contributed by atoms with E-state index >= 15 is 0 Å². The van der Waals surface area contributed by atoms with Crippen LogP contribution in [0, 0.1) is 0 Å². The molecule has 0 N–H and O–H groups in total. The molecule has 176 valence electrons. The molecule has 0 radical (unpaired) electrons. The lowest BCUT2D eigenvalue weighted by molar-refractivity contribution is 0.0786. The molecule has 5 aromatic rings. The van der Waals surface area contributed by atoms with Gasteiger partial charge in [0.05, 0.1) is 24.0 Å². The van der Waals surface area contributed by atoms with Gasteiger partial charge in [0.25, 0.3) is 5.91 Å². The number of rotatable bonds is 7. The zero-order valence-corrected chi connectivity index (χ0v) is 20.0. The van der Waals surface area contributed by atoms with E-state index in [-0.39, 0.29) is 5.91 Å². The highest BCUT2D eigenvalue weighted by Gasteiger charge is 2.14. The Morgan fingerprint density at radius 2 is 1.80 bits per heavy atom. The molecule has 3 aromatic heterocycles. The number of aromatic nitrogens is 6. The van der Waals surface area contributed by atoms with E-state index < -0.39 is 0 Å². The minimum absolute atomic E-state index is 0.00667. The van der Waals surface area contributed by atoms with E-state index in [0.717, 1.165) is 28.6 Å². The molecule has 9 heteroatoms. The Balaban J connectivity index is 1.37. The van der Waals surface area contributed by atoms with Crippen molar-refractivity contribution in [2.75, 3.05) is 34.2 Å². The first-order valence-corrected chi connectivity index (χ1v) is 11.4. The second-order valence-electron chi connectivity index (χ2n) is 8.79. The third-order valence-corrected chi connectivity index (χ3v) is 5.88. The van der Waals surface area contributed by atoms with Crippen LogP contribution in [0.4, 0.5) is 0 Å². The fraction of sp³-hybridized carbons (Fsp3) is 0.231. The molecule has 0 fully saturated rings. The van der Waals surface area contributed by atoms with Crippen molar-refractivity contribution in [3.8, 4) is 11.3 Å². The highest BCUT2D eigenvalue weighted by atomic mass is 16.2. The fourth-order valence-electron chi connectivity index (χ4n) is 3.85. The van der Waals surface area contributed by atoms with Crippen LogP contribution < -0.4 is 0 Å². The Hall–Kier alpha value is -4.24. The summed E-state index contributed by atoms with van der Waals surface area (Å²) in [4.78, 5) is 30.1. The van der Waals surface area contributed by atoms with E-state index in [1.165, 1.54) is 0 Å². The summed E-state index contributed by atoms with van der Waals surface area (Å²) in [5, 5.41) is 9.51. The molecule has 0 bridgehead atoms. The van der Waals surface area contributed by atoms with Gasteiger partial charge in [0.2, 0.25) is 5.65 Å². The third kappa shape index (κ3) is 4.85. The maximum Gasteiger partial charge on any atom is 0.253 e. The Morgan fingerprint density at radius 3 is 2.60 bits per heavy atom. The molecular weight excluding hydrogens is 440 g/mol. The number of likely N-dealkylation sites (N-methyl/N-ethyl adjacent to an activating group) is 2. The minimum Gasteiger partial charge on any atom is -0.340 e. The molecule has 35 heavy (non-hydrogen) atoms. The van der Waals surface area contributed by atoms with Gasteiger partial charge in [-0.1, -0.05) is 29.5 Å². The first-order valence-electron chi connectivity index (χ1n) is 11.4. The standard InChI is InChI=1S/C26H26N8O/c1-32(2)13-14-33(3)26(35)20-9-7-19(8-10-20)23-16-28-24-25(29-23)34(31-30-24)17-18-6-11-22-21(15-18)5-4-12-27-22/h4-12,15-16H,13-14,17H2,1-3H3. The number of carbonyl (C=O) groups is 1. The number of hydrogen-bond acceptors (Lipinski definition) is 7. The zero-order chi connectivity index (χ0) is 24.4. The molecule has 0 spiro atoms. The number of hydrogen-bond donors (Lipinski definition) is 0. The van der Waals surface area contributed by atoms with Crippen LogP contribution in [0.25, 0.3) is 33.5 Å². The lowest BCUT2D eigenvalue weighted by Crippen LogP contribution is -2.33. The van der Waals surface area contributed by atoms with E-state index in [2.05, 4.69) is 31.2 Å². The first kappa shape index (κ1) is 22.5. The molecule has 0 aliphatic heterocycles. The monoisotopic (exact) mass is 466 g/mol. The number of fused-ring (bicyclic) bond motifs is 2. The number of amides is 1. The van der Waals surface area contributed by atoms with Crippen molar-refractivity contribution in [3.63, 3.8) is 0 Å². The van der Waals surface area contributed by atoms with Crippen LogP contribution in [-0.2, 0) is 6.54 Å². The van der Waals surface area contributed by atoms with Gasteiger partial charge in [-0.3, -0.25) is 9.78 Å². The summed E-state index contributed by atoms with van der Waals surface area (Å²) in [6, 6.07) is 17.5. The van der Waals surface area contributed by atoms with Crippen LogP contribution in [0.1, 0.15) is 15.9 Å². The summed E-state index contributed by atoms with van der Waals surface area (Å²) in [6.45, 7) is 2.00. The predicted molar refractivity (Wildman–Crippen MR) is 135 cm³/mol. The van der Waals surface area contributed by atoms with Gasteiger partial charge in [0, 0.05) is 42.8 Å². The Kier molecular flexibility index (Phi) is 6.15. The van der Waals surface area contributed by atoms with Crippen LogP contribution in [-0.4, -0.2) is 79.9 Å². The highest BCUT2D eigenvalue weighted by molar-refractivity contribution is 5.94. The van der Waals surface area contributed by atoms with Gasteiger partial charge in [-0.05, 0) is 50.0 Å². The van der Waals surface area contributed by atoms with Crippen LogP contribution in [0.2, 0.25) is 0 Å². The molecule has 3 heterocycles. The molecule has 0 saturated carbocycles. The molecule has 0 atom stereocenters. The van der Waals surface area contributed by atoms with Crippen LogP contribution in [0.3, 0.4) is 0 Å². The molecule has 5 rings (SSSR count). The van der Waals surface area contributed by atoms with Gasteiger partial charge < -0.3 is 9.80 Å². The number of pyridine rings is 1. The predicted octanol–water partition coefficient (Wildman–Crippen LogP) is 3.12. The molecule has 1 amide bonds. The summed E-state index contributed by atoms with van der Waals surface area (Å²) in [7, 11) is 5.80. The van der Waals surface area contributed by atoms with Crippen molar-refractivity contribution in [3.05, 3.63) is 78.1 Å². The van der Waals surface area contributed by atoms with Gasteiger partial charge in [-0.2, -0.15) is 0 Å². The van der Waals surface area contributed by atoms with Gasteiger partial charge in [-0.15, -0.1) is 5.10 Å². The Labute approximate surface area is 203 Å². The summed E-state index contributed by atoms with van der Waals surface area (Å²) >= 11 is 0. The second kappa shape index (κ2) is 9.55. The number of nitrogens with zero attached hydrogens (tertiary/aromatic N) is 8. The van der Waals surface area contributed by atoms with Crippen molar-refractivity contribution in [1.82, 2.24) is 39.7 Å². The quantitative estimate of drug-likeness (QED) is 0.364. The van der Waals surface area contributed by atoms with Crippen molar-refractivity contribution < 1.29 is 4.79 Å². The van der Waals surface area contributed by atoms with E-state index in [4.69, 9.17) is 4.98 Å². The number of carbonyl (C=O) groups excluding carboxylic acids is 1. The fourth-order valence-corrected chi connectivity index (χ4v) is 3.85. The van der Waals surface area contributed by atoms with E-state index in [1.54, 1.807) is 22.0 Å². The minimum atomic E-state index is -0.00667. The second-order valence-corrected chi connectivity index (χ2v) is 8.79. The zero-order valence-electron chi connectivity index (χ0n) is 20.0. The van der Waals surface area contributed by atoms with Crippen molar-refractivity contribution in [1.29, 1.82) is 0 Å². The molecule has 0 saturated heterocycles. The van der Waals surface area contributed by atoms with Gasteiger partial charge in [0.15, 0.2) is 5.65 Å². The van der Waals surface area contributed by atoms with Crippen LogP contribution >= 0.6 is 0 Å². The summed E-state index contributed by atoms with van der Waals surface area (Å²) in [6.07, 6.45) is 3.47. The van der Waals surface area contributed by atoms with Crippen molar-refractivity contribution in [2.24, 2.45) is 0 Å². The summed E-state index contributed by atoms with van der Waals surface area (Å²) in [5.74, 6) is -0.00667. The Bertz CT molecular complexity index is 1490. The van der Waals surface area contributed by atoms with Crippen molar-refractivity contribution in [2.45, 2.75) is 6.54 Å². The van der Waals surface area contributed by atoms with Crippen molar-refractivity contribution >= 4 is 28.1 Å². The molecule has 2 aromatic carbocycles. The summed E-state index contributed by atoms with van der Waals surface area (Å²) in [5.41, 5.74) is 5.34. The van der Waals surface area contributed by atoms with Gasteiger partial charge >= 0.3 is 0 Å². The van der Waals surface area contributed by atoms with E-state index in [0.29, 0.717) is 35.6 Å². The smallest absolute Gasteiger partial charge is 0.253 e. The molecule has 0 aliphatic carbocycles. The molecule has 9 nitrogen and oxygen atoms in total. The lowest BCUT2D eigenvalue weighted by Gasteiger charge is -2.19. The molecule has 0 unspecified atom stereocenters. The largest absolute Gasteiger partial charge is 0.340 e. The summed E-state index contributed by atoms with van der Waals surface area (Å²) < 4.78 is 1.75. The molecular formula is C26H26N8O. The van der Waals surface area contributed by atoms with Gasteiger partial charge in [-0.25, -0.2) is 14.6 Å². The van der Waals surface area contributed by atoms with Crippen LogP contribution in [0.5, 0.6) is 0 Å². The SMILES string of the molecule is CN(C)CCN(C)C(=O)c1ccc(-c2cnc3nnn(Cc4ccc5ncccc5c4)c3n2)cc1. The number of benzene rings is 2. The first-order chi connectivity index (χ1) is 17.0. The van der Waals surface area contributed by atoms with Crippen LogP contribution in [0.15, 0.2) is 67.0 Å². The van der Waals surface area contributed by atoms with E-state index in [1.807, 2.05) is 69.7 Å². The average Bonchev–Trinajstić information content (AvgIpc) is 3.28. The average molecular weight is 467 g/mol. The topological polar surface area (TPSA) is 92.9 Å². The van der Waals surface area contributed by atoms with E-state index in [9.17, 15) is 4.79 Å². The Morgan fingerprint density at radius 1 is 0.971 bits per heavy atom. The molecule has 0 aliphatic rings.